The monoisotopic (exact) mass is 239 g/mol. The minimum Gasteiger partial charge on any atom is -0.299 e. The minimum absolute atomic E-state index is 0.847. The molecule has 1 aromatic carbocycles. The summed E-state index contributed by atoms with van der Waals surface area (Å²) in [5.41, 5.74) is 2.97. The first-order chi connectivity index (χ1) is 8.59. The van der Waals surface area contributed by atoms with Crippen molar-refractivity contribution in [1.29, 1.82) is 0 Å². The highest BCUT2D eigenvalue weighted by molar-refractivity contribution is 5.82. The highest BCUT2D eigenvalue weighted by Gasteiger charge is 2.00. The SMILES string of the molecule is C=c1/c(=C(/C)N=C(C)C)ncn1-c1ccccc1. The largest absolute Gasteiger partial charge is 0.299 e. The van der Waals surface area contributed by atoms with Gasteiger partial charge in [0, 0.05) is 11.4 Å². The molecule has 3 nitrogen and oxygen atoms in total. The van der Waals surface area contributed by atoms with Crippen molar-refractivity contribution in [2.75, 3.05) is 0 Å². The van der Waals surface area contributed by atoms with Crippen LogP contribution in [0.4, 0.5) is 0 Å². The van der Waals surface area contributed by atoms with Gasteiger partial charge in [0.05, 0.1) is 11.0 Å². The molecule has 1 heterocycles. The zero-order valence-corrected chi connectivity index (χ0v) is 11.0. The van der Waals surface area contributed by atoms with E-state index in [0.717, 1.165) is 27.8 Å². The summed E-state index contributed by atoms with van der Waals surface area (Å²) in [5.74, 6) is 0. The van der Waals surface area contributed by atoms with Crippen molar-refractivity contribution in [2.24, 2.45) is 4.99 Å². The summed E-state index contributed by atoms with van der Waals surface area (Å²) in [6.45, 7) is 10.00. The average Bonchev–Trinajstić information content (AvgIpc) is 2.71. The van der Waals surface area contributed by atoms with Gasteiger partial charge in [-0.25, -0.2) is 4.98 Å². The van der Waals surface area contributed by atoms with E-state index in [2.05, 4.69) is 16.6 Å². The molecule has 0 N–H and O–H groups in total. The molecule has 0 fully saturated rings. The maximum absolute atomic E-state index is 4.43. The van der Waals surface area contributed by atoms with Crippen molar-refractivity contribution in [3.8, 4) is 5.69 Å². The first-order valence-electron chi connectivity index (χ1n) is 5.90. The number of rotatable bonds is 2. The zero-order valence-electron chi connectivity index (χ0n) is 11.0. The first kappa shape index (κ1) is 12.3. The Balaban J connectivity index is 2.62. The van der Waals surface area contributed by atoms with Gasteiger partial charge in [-0.3, -0.25) is 9.56 Å². The van der Waals surface area contributed by atoms with Gasteiger partial charge in [-0.05, 0) is 32.9 Å². The average molecular weight is 239 g/mol. The van der Waals surface area contributed by atoms with Crippen molar-refractivity contribution in [1.82, 2.24) is 9.55 Å². The summed E-state index contributed by atoms with van der Waals surface area (Å²) in [6, 6.07) is 10.1. The maximum Gasteiger partial charge on any atom is 0.109 e. The fourth-order valence-electron chi connectivity index (χ4n) is 1.88. The molecule has 0 aliphatic carbocycles. The second-order valence-electron chi connectivity index (χ2n) is 4.39. The molecule has 0 atom stereocenters. The second-order valence-corrected chi connectivity index (χ2v) is 4.39. The zero-order chi connectivity index (χ0) is 13.1. The van der Waals surface area contributed by atoms with Crippen LogP contribution in [-0.2, 0) is 0 Å². The Bertz CT molecular complexity index is 674. The number of nitrogens with zero attached hydrogens (tertiary/aromatic N) is 3. The third kappa shape index (κ3) is 2.40. The molecule has 2 rings (SSSR count). The molecule has 2 aromatic rings. The van der Waals surface area contributed by atoms with E-state index in [-0.39, 0.29) is 0 Å². The van der Waals surface area contributed by atoms with Gasteiger partial charge in [-0.1, -0.05) is 24.8 Å². The lowest BCUT2D eigenvalue weighted by molar-refractivity contribution is 1.02. The van der Waals surface area contributed by atoms with E-state index in [0.29, 0.717) is 0 Å². The van der Waals surface area contributed by atoms with Crippen LogP contribution in [0.25, 0.3) is 18.0 Å². The van der Waals surface area contributed by atoms with Gasteiger partial charge in [0.2, 0.25) is 0 Å². The highest BCUT2D eigenvalue weighted by Crippen LogP contribution is 2.01. The molecule has 0 saturated carbocycles. The molecule has 0 amide bonds. The predicted octanol–water partition coefficient (Wildman–Crippen LogP) is 1.89. The van der Waals surface area contributed by atoms with Crippen LogP contribution in [-0.4, -0.2) is 15.3 Å². The van der Waals surface area contributed by atoms with E-state index in [1.807, 2.05) is 55.7 Å². The Hall–Kier alpha value is -2.16. The molecular weight excluding hydrogens is 222 g/mol. The fraction of sp³-hybridized carbons (Fsp3) is 0.200. The summed E-state index contributed by atoms with van der Waals surface area (Å²) in [5, 5.41) is 1.71. The topological polar surface area (TPSA) is 30.2 Å². The van der Waals surface area contributed by atoms with Crippen LogP contribution in [0.3, 0.4) is 0 Å². The van der Waals surface area contributed by atoms with Gasteiger partial charge in [-0.2, -0.15) is 0 Å². The van der Waals surface area contributed by atoms with Crippen molar-refractivity contribution in [3.63, 3.8) is 0 Å². The maximum atomic E-state index is 4.43. The Morgan fingerprint density at radius 3 is 2.44 bits per heavy atom. The van der Waals surface area contributed by atoms with Crippen LogP contribution in [0.15, 0.2) is 41.7 Å². The molecule has 92 valence electrons. The van der Waals surface area contributed by atoms with Crippen molar-refractivity contribution in [2.45, 2.75) is 20.8 Å². The highest BCUT2D eigenvalue weighted by atomic mass is 15.0. The summed E-state index contributed by atoms with van der Waals surface area (Å²) in [6.07, 6.45) is 1.79. The first-order valence-corrected chi connectivity index (χ1v) is 5.90. The lowest BCUT2D eigenvalue weighted by Crippen LogP contribution is -2.29. The minimum atomic E-state index is 0.847. The van der Waals surface area contributed by atoms with Crippen molar-refractivity contribution in [3.05, 3.63) is 47.4 Å². The van der Waals surface area contributed by atoms with Crippen LogP contribution in [0.2, 0.25) is 0 Å². The summed E-state index contributed by atoms with van der Waals surface area (Å²) in [4.78, 5) is 8.83. The van der Waals surface area contributed by atoms with E-state index in [1.165, 1.54) is 0 Å². The second kappa shape index (κ2) is 5.00. The third-order valence-corrected chi connectivity index (χ3v) is 2.63. The quantitative estimate of drug-likeness (QED) is 0.736. The van der Waals surface area contributed by atoms with Crippen LogP contribution < -0.4 is 10.7 Å². The number of benzene rings is 1. The fourth-order valence-corrected chi connectivity index (χ4v) is 1.88. The molecule has 0 bridgehead atoms. The number of para-hydroxylation sites is 1. The van der Waals surface area contributed by atoms with Gasteiger partial charge < -0.3 is 0 Å². The lowest BCUT2D eigenvalue weighted by atomic mass is 10.3. The predicted molar refractivity (Wildman–Crippen MR) is 76.2 cm³/mol. The Kier molecular flexibility index (Phi) is 3.42. The molecule has 0 saturated heterocycles. The number of aliphatic imine (C=N–C) groups is 1. The Labute approximate surface area is 107 Å². The molecule has 0 radical (unpaired) electrons. The molecule has 1 aromatic heterocycles. The number of aromatic nitrogens is 2. The summed E-state index contributed by atoms with van der Waals surface area (Å²) in [7, 11) is 0. The number of imidazole rings is 1. The van der Waals surface area contributed by atoms with Crippen LogP contribution in [0.5, 0.6) is 0 Å². The Morgan fingerprint density at radius 1 is 1.17 bits per heavy atom. The van der Waals surface area contributed by atoms with Crippen molar-refractivity contribution >= 4 is 18.0 Å². The standard InChI is InChI=1S/C15H17N3/c1-11(2)17-12(3)15-13(4)18(10-16-15)14-8-6-5-7-9-14/h5-10H,4H2,1-3H3/b15-12+. The lowest BCUT2D eigenvalue weighted by Gasteiger charge is -2.00. The molecule has 0 unspecified atom stereocenters. The van der Waals surface area contributed by atoms with Crippen LogP contribution in [0, 0.1) is 0 Å². The smallest absolute Gasteiger partial charge is 0.109 e. The molecule has 3 heteroatoms. The number of hydrogen-bond acceptors (Lipinski definition) is 2. The van der Waals surface area contributed by atoms with Gasteiger partial charge in [0.1, 0.15) is 11.7 Å². The molecular formula is C15H17N3. The number of hydrogen-bond donors (Lipinski definition) is 0. The molecule has 0 aliphatic rings. The van der Waals surface area contributed by atoms with E-state index in [4.69, 9.17) is 0 Å². The van der Waals surface area contributed by atoms with E-state index in [1.54, 1.807) is 6.33 Å². The Morgan fingerprint density at radius 2 is 1.83 bits per heavy atom. The molecule has 0 aliphatic heterocycles. The summed E-state index contributed by atoms with van der Waals surface area (Å²) >= 11 is 0. The van der Waals surface area contributed by atoms with E-state index in [9.17, 15) is 0 Å². The van der Waals surface area contributed by atoms with E-state index >= 15 is 0 Å². The molecule has 18 heavy (non-hydrogen) atoms. The van der Waals surface area contributed by atoms with Crippen LogP contribution >= 0.6 is 0 Å². The molecule has 0 spiro atoms. The van der Waals surface area contributed by atoms with Gasteiger partial charge in [-0.15, -0.1) is 0 Å². The normalized spacial score (nSPS) is 12.2. The van der Waals surface area contributed by atoms with E-state index < -0.39 is 0 Å². The third-order valence-electron chi connectivity index (χ3n) is 2.63. The van der Waals surface area contributed by atoms with Gasteiger partial charge >= 0.3 is 0 Å². The van der Waals surface area contributed by atoms with Crippen molar-refractivity contribution < 1.29 is 0 Å². The van der Waals surface area contributed by atoms with Gasteiger partial charge in [0.25, 0.3) is 0 Å². The van der Waals surface area contributed by atoms with Gasteiger partial charge in [0.15, 0.2) is 0 Å². The van der Waals surface area contributed by atoms with Crippen LogP contribution in [0.1, 0.15) is 20.8 Å². The summed E-state index contributed by atoms with van der Waals surface area (Å²) < 4.78 is 1.97.